The molecule has 2 aromatic heterocycles. The molecule has 0 amide bonds. The first kappa shape index (κ1) is 23.3. The monoisotopic (exact) mass is 592 g/mol. The summed E-state index contributed by atoms with van der Waals surface area (Å²) in [6.45, 7) is -2.42. The molecule has 9 aromatic rings. The highest BCUT2D eigenvalue weighted by Gasteiger charge is 2.20. The summed E-state index contributed by atoms with van der Waals surface area (Å²) in [6, 6.07) is 47.9. The minimum atomic E-state index is -2.42. The summed E-state index contributed by atoms with van der Waals surface area (Å²) >= 11 is 0. The molecule has 0 saturated carbocycles. The number of hydrogen-bond donors (Lipinski definition) is 0. The molecule has 0 aliphatic carbocycles. The molecule has 0 unspecified atom stereocenters. The summed E-state index contributed by atoms with van der Waals surface area (Å²) in [7, 11) is 0. The largest absolute Gasteiger partial charge is 0.456 e. The van der Waals surface area contributed by atoms with Gasteiger partial charge in [-0.05, 0) is 63.3 Å². The Bertz CT molecular complexity index is 2640. The molecule has 2 heterocycles. The highest BCUT2D eigenvalue weighted by atomic mass is 16.3. The second kappa shape index (κ2) is 10.5. The zero-order valence-corrected chi connectivity index (χ0v) is 24.6. The molecule has 0 atom stereocenters. The molecule has 0 N–H and O–H groups in total. The fourth-order valence-electron chi connectivity index (χ4n) is 6.49. The van der Waals surface area contributed by atoms with E-state index in [0.717, 1.165) is 54.7 Å². The molecule has 216 valence electrons. The minimum absolute atomic E-state index is 0.158. The van der Waals surface area contributed by atoms with E-state index in [4.69, 9.17) is 23.5 Å². The van der Waals surface area contributed by atoms with Crippen LogP contribution in [0.2, 0.25) is 0 Å². The molecule has 0 aliphatic heterocycles. The first-order valence-electron chi connectivity index (χ1n) is 16.7. The number of aromatic nitrogens is 3. The molecule has 4 nitrogen and oxygen atoms in total. The molecule has 7 aromatic carbocycles. The van der Waals surface area contributed by atoms with Crippen LogP contribution in [-0.4, -0.2) is 15.0 Å². The van der Waals surface area contributed by atoms with Crippen molar-refractivity contribution in [1.29, 1.82) is 0 Å². The topological polar surface area (TPSA) is 51.8 Å². The molecule has 0 radical (unpaired) electrons. The maximum absolute atomic E-state index is 8.56. The van der Waals surface area contributed by atoms with E-state index in [-0.39, 0.29) is 5.56 Å². The van der Waals surface area contributed by atoms with Crippen LogP contribution < -0.4 is 0 Å². The van der Waals surface area contributed by atoms with Crippen LogP contribution in [0.15, 0.2) is 150 Å². The summed E-state index contributed by atoms with van der Waals surface area (Å²) in [5.74, 6) is 1.56. The number of aryl methyl sites for hydroxylation is 1. The van der Waals surface area contributed by atoms with Gasteiger partial charge in [-0.2, -0.15) is 0 Å². The third kappa shape index (κ3) is 4.26. The number of hydrogen-bond acceptors (Lipinski definition) is 4. The molecule has 0 fully saturated rings. The lowest BCUT2D eigenvalue weighted by Gasteiger charge is -2.11. The highest BCUT2D eigenvalue weighted by molar-refractivity contribution is 6.16. The van der Waals surface area contributed by atoms with Gasteiger partial charge in [0.15, 0.2) is 17.5 Å². The van der Waals surface area contributed by atoms with Gasteiger partial charge in [-0.1, -0.05) is 127 Å². The number of furan rings is 1. The van der Waals surface area contributed by atoms with Crippen LogP contribution in [0.25, 0.3) is 88.8 Å². The lowest BCUT2D eigenvalue weighted by Crippen LogP contribution is -2.00. The predicted molar refractivity (Wildman–Crippen MR) is 189 cm³/mol. The number of benzene rings is 7. The van der Waals surface area contributed by atoms with Crippen LogP contribution in [0, 0.1) is 6.85 Å². The Hall–Kier alpha value is -6.13. The Labute approximate surface area is 269 Å². The van der Waals surface area contributed by atoms with E-state index in [2.05, 4.69) is 36.4 Å². The third-order valence-electron chi connectivity index (χ3n) is 8.63. The van der Waals surface area contributed by atoms with Gasteiger partial charge in [0.25, 0.3) is 0 Å². The second-order valence-electron chi connectivity index (χ2n) is 11.4. The Balaban J connectivity index is 1.34. The van der Waals surface area contributed by atoms with Crippen molar-refractivity contribution in [3.05, 3.63) is 151 Å². The van der Waals surface area contributed by atoms with E-state index in [1.807, 2.05) is 103 Å². The molecule has 0 saturated heterocycles. The van der Waals surface area contributed by atoms with Crippen LogP contribution in [0.1, 0.15) is 9.68 Å². The zero-order valence-electron chi connectivity index (χ0n) is 27.6. The maximum Gasteiger partial charge on any atom is 0.164 e. The van der Waals surface area contributed by atoms with Crippen LogP contribution in [0.4, 0.5) is 0 Å². The van der Waals surface area contributed by atoms with E-state index in [1.165, 1.54) is 0 Å². The Morgan fingerprint density at radius 2 is 1.13 bits per heavy atom. The van der Waals surface area contributed by atoms with Crippen molar-refractivity contribution in [3.63, 3.8) is 0 Å². The molecule has 46 heavy (non-hydrogen) atoms. The van der Waals surface area contributed by atoms with Crippen LogP contribution >= 0.6 is 0 Å². The van der Waals surface area contributed by atoms with Crippen LogP contribution in [0.3, 0.4) is 0 Å². The average molecular weight is 593 g/mol. The van der Waals surface area contributed by atoms with Gasteiger partial charge in [-0.3, -0.25) is 0 Å². The van der Waals surface area contributed by atoms with Crippen LogP contribution in [0.5, 0.6) is 0 Å². The lowest BCUT2D eigenvalue weighted by molar-refractivity contribution is 0.666. The van der Waals surface area contributed by atoms with Gasteiger partial charge >= 0.3 is 0 Å². The van der Waals surface area contributed by atoms with Gasteiger partial charge in [0.05, 0.1) is 0 Å². The quantitative estimate of drug-likeness (QED) is 0.191. The normalized spacial score (nSPS) is 12.8. The van der Waals surface area contributed by atoms with Gasteiger partial charge in [-0.15, -0.1) is 0 Å². The van der Waals surface area contributed by atoms with Crippen molar-refractivity contribution in [2.45, 2.75) is 6.85 Å². The smallest absolute Gasteiger partial charge is 0.164 e. The molecule has 0 spiro atoms. The summed E-state index contributed by atoms with van der Waals surface area (Å²) in [5, 5.41) is 5.89. The lowest BCUT2D eigenvalue weighted by atomic mass is 9.92. The molecular formula is C42H27N3O. The van der Waals surface area contributed by atoms with Crippen molar-refractivity contribution in [3.8, 4) is 45.3 Å². The molecule has 4 heteroatoms. The van der Waals surface area contributed by atoms with Gasteiger partial charge in [0.1, 0.15) is 11.2 Å². The fraction of sp³-hybridized carbons (Fsp3) is 0.0238. The highest BCUT2D eigenvalue weighted by Crippen LogP contribution is 2.41. The Morgan fingerprint density at radius 1 is 0.478 bits per heavy atom. The van der Waals surface area contributed by atoms with E-state index in [9.17, 15) is 0 Å². The first-order valence-corrected chi connectivity index (χ1v) is 15.2. The van der Waals surface area contributed by atoms with Crippen LogP contribution in [-0.2, 0) is 0 Å². The van der Waals surface area contributed by atoms with E-state index in [1.54, 1.807) is 6.07 Å². The van der Waals surface area contributed by atoms with Gasteiger partial charge < -0.3 is 4.42 Å². The van der Waals surface area contributed by atoms with E-state index >= 15 is 0 Å². The fourth-order valence-corrected chi connectivity index (χ4v) is 6.49. The standard InChI is InChI=1S/C42H27N3O/c1-26-24-30(32-18-10-19-33-31-17-9-8-12-27(31)22-23-34(32)33)25-36-38-35(20-11-21-37(38)46-39(26)36)42-44-40(28-13-4-2-5-14-28)43-41(45-42)29-15-6-3-7-16-29/h2-25H,1H3/i1D3. The van der Waals surface area contributed by atoms with E-state index < -0.39 is 6.85 Å². The summed E-state index contributed by atoms with van der Waals surface area (Å²) in [4.78, 5) is 14.8. The van der Waals surface area contributed by atoms with Crippen molar-refractivity contribution in [2.75, 3.05) is 0 Å². The molecule has 0 bridgehead atoms. The third-order valence-corrected chi connectivity index (χ3v) is 8.63. The molecule has 0 aliphatic rings. The molecule has 9 rings (SSSR count). The van der Waals surface area contributed by atoms with Gasteiger partial charge in [0, 0.05) is 31.6 Å². The predicted octanol–water partition coefficient (Wildman–Crippen LogP) is 11.1. The van der Waals surface area contributed by atoms with Crippen molar-refractivity contribution in [1.82, 2.24) is 15.0 Å². The number of nitrogens with zero attached hydrogens (tertiary/aromatic N) is 3. The first-order chi connectivity index (χ1) is 23.9. The minimum Gasteiger partial charge on any atom is -0.456 e. The Kier molecular flexibility index (Phi) is 5.31. The van der Waals surface area contributed by atoms with Crippen molar-refractivity contribution < 1.29 is 8.53 Å². The SMILES string of the molecule is [2H]C([2H])([2H])c1cc(-c2cccc3c2ccc2ccccc23)cc2c1oc1cccc(-c3nc(-c4ccccc4)nc(-c4ccccc4)n3)c12. The maximum atomic E-state index is 8.56. The van der Waals surface area contributed by atoms with Gasteiger partial charge in [0.2, 0.25) is 0 Å². The van der Waals surface area contributed by atoms with E-state index in [0.29, 0.717) is 34.0 Å². The van der Waals surface area contributed by atoms with Crippen molar-refractivity contribution >= 4 is 43.5 Å². The summed E-state index contributed by atoms with van der Waals surface area (Å²) < 4.78 is 32.1. The zero-order chi connectivity index (χ0) is 33.1. The number of fused-ring (bicyclic) bond motifs is 6. The summed E-state index contributed by atoms with van der Waals surface area (Å²) in [6.07, 6.45) is 0. The van der Waals surface area contributed by atoms with Crippen molar-refractivity contribution in [2.24, 2.45) is 0 Å². The summed E-state index contributed by atoms with van der Waals surface area (Å²) in [5.41, 5.74) is 5.24. The Morgan fingerprint density at radius 3 is 1.89 bits per heavy atom. The van der Waals surface area contributed by atoms with Gasteiger partial charge in [-0.25, -0.2) is 15.0 Å². The number of rotatable bonds is 4. The second-order valence-corrected chi connectivity index (χ2v) is 11.4. The molecular weight excluding hydrogens is 562 g/mol. The average Bonchev–Trinajstić information content (AvgIpc) is 3.53.